The second kappa shape index (κ2) is 13.5. The van der Waals surface area contributed by atoms with Gasteiger partial charge in [-0.15, -0.1) is 0 Å². The van der Waals surface area contributed by atoms with E-state index in [1.165, 1.54) is 64.2 Å². The van der Waals surface area contributed by atoms with Crippen molar-refractivity contribution in [2.75, 3.05) is 6.54 Å². The Morgan fingerprint density at radius 1 is 0.950 bits per heavy atom. The molecule has 20 heavy (non-hydrogen) atoms. The van der Waals surface area contributed by atoms with E-state index in [1.54, 1.807) is 6.21 Å². The molecule has 0 fully saturated rings. The maximum Gasteiger partial charge on any atom is 0.222 e. The Hall–Kier alpha value is -0.440. The van der Waals surface area contributed by atoms with Gasteiger partial charge in [-0.25, -0.2) is 4.58 Å². The number of carbonyl (C=O) groups excluding carboxylic acids is 1. The fourth-order valence-electron chi connectivity index (χ4n) is 2.51. The van der Waals surface area contributed by atoms with Gasteiger partial charge in [0.25, 0.3) is 0 Å². The average molecular weight is 344 g/mol. The fourth-order valence-corrected chi connectivity index (χ4v) is 2.51. The van der Waals surface area contributed by atoms with E-state index in [9.17, 15) is 4.79 Å². The summed E-state index contributed by atoms with van der Waals surface area (Å²) in [6.45, 7) is 3.27. The Labute approximate surface area is 135 Å². The van der Waals surface area contributed by atoms with Gasteiger partial charge in [-0.3, -0.25) is 4.79 Å². The minimum Gasteiger partial charge on any atom is -1.00 e. The third-order valence-corrected chi connectivity index (χ3v) is 3.70. The highest BCUT2D eigenvalue weighted by molar-refractivity contribution is 6.26. The lowest BCUT2D eigenvalue weighted by atomic mass is 10.1. The Morgan fingerprint density at radius 2 is 1.50 bits per heavy atom. The standard InChI is InChI=1S/C17H30NO.BrH/c1-2-3-4-5-6-7-8-9-10-11-14-18-15-12-13-17(19)16-18;/h12,15-16H,2-11,13-14H2,1H3;1H/q+1;/p-1. The molecule has 0 saturated carbocycles. The molecule has 0 spiro atoms. The molecule has 2 nitrogen and oxygen atoms in total. The highest BCUT2D eigenvalue weighted by Crippen LogP contribution is 2.10. The normalized spacial score (nSPS) is 14.1. The van der Waals surface area contributed by atoms with E-state index in [4.69, 9.17) is 0 Å². The van der Waals surface area contributed by atoms with Crippen molar-refractivity contribution in [2.45, 2.75) is 77.6 Å². The van der Waals surface area contributed by atoms with Gasteiger partial charge in [0, 0.05) is 12.8 Å². The van der Waals surface area contributed by atoms with Crippen molar-refractivity contribution in [3.63, 3.8) is 0 Å². The summed E-state index contributed by atoms with van der Waals surface area (Å²) >= 11 is 0. The highest BCUT2D eigenvalue weighted by Gasteiger charge is 2.09. The molecule has 3 heteroatoms. The molecule has 0 bridgehead atoms. The summed E-state index contributed by atoms with van der Waals surface area (Å²) in [5, 5.41) is 0. The van der Waals surface area contributed by atoms with Crippen molar-refractivity contribution < 1.29 is 26.4 Å². The van der Waals surface area contributed by atoms with Gasteiger partial charge in [0.15, 0.2) is 6.20 Å². The second-order valence-corrected chi connectivity index (χ2v) is 5.60. The van der Waals surface area contributed by atoms with Gasteiger partial charge in [-0.2, -0.15) is 0 Å². The Bertz CT molecular complexity index is 310. The first kappa shape index (κ1) is 19.6. The van der Waals surface area contributed by atoms with E-state index < -0.39 is 0 Å². The number of nitrogens with zero attached hydrogens (tertiary/aromatic N) is 1. The Kier molecular flexibility index (Phi) is 13.2. The summed E-state index contributed by atoms with van der Waals surface area (Å²) < 4.78 is 2.04. The van der Waals surface area contributed by atoms with Crippen LogP contribution in [0.25, 0.3) is 0 Å². The van der Waals surface area contributed by atoms with Gasteiger partial charge < -0.3 is 17.0 Å². The number of hydrogen-bond donors (Lipinski definition) is 0. The number of unbranched alkanes of at least 4 members (excludes halogenated alkanes) is 9. The maximum absolute atomic E-state index is 11.2. The van der Waals surface area contributed by atoms with Gasteiger partial charge in [-0.05, 0) is 12.5 Å². The molecule has 0 aromatic carbocycles. The molecule has 0 aliphatic carbocycles. The number of halogens is 1. The van der Waals surface area contributed by atoms with Crippen LogP contribution in [0.3, 0.4) is 0 Å². The van der Waals surface area contributed by atoms with Crippen LogP contribution in [-0.2, 0) is 4.79 Å². The molecule has 0 atom stereocenters. The number of rotatable bonds is 11. The van der Waals surface area contributed by atoms with Crippen LogP contribution >= 0.6 is 0 Å². The lowest BCUT2D eigenvalue weighted by Gasteiger charge is -2.03. The van der Waals surface area contributed by atoms with Gasteiger partial charge in [0.05, 0.1) is 0 Å². The zero-order valence-corrected chi connectivity index (χ0v) is 14.5. The molecule has 1 heterocycles. The van der Waals surface area contributed by atoms with Gasteiger partial charge >= 0.3 is 0 Å². The molecule has 1 aliphatic heterocycles. The maximum atomic E-state index is 11.2. The van der Waals surface area contributed by atoms with Gasteiger partial charge in [0.2, 0.25) is 12.0 Å². The predicted octanol–water partition coefficient (Wildman–Crippen LogP) is 1.48. The SMILES string of the molecule is CCCCCCCCCCCC[N+]1=CC(=O)CC=C1.[Br-]. The van der Waals surface area contributed by atoms with E-state index >= 15 is 0 Å². The minimum absolute atomic E-state index is 0. The summed E-state index contributed by atoms with van der Waals surface area (Å²) in [7, 11) is 0. The largest absolute Gasteiger partial charge is 1.00 e. The van der Waals surface area contributed by atoms with Gasteiger partial charge in [-0.1, -0.05) is 58.3 Å². The average Bonchev–Trinajstić information content (AvgIpc) is 2.41. The minimum atomic E-state index is 0. The number of hydrogen-bond acceptors (Lipinski definition) is 1. The number of ketones is 1. The van der Waals surface area contributed by atoms with Crippen LogP contribution in [0.2, 0.25) is 0 Å². The van der Waals surface area contributed by atoms with Crippen LogP contribution in [0.1, 0.15) is 77.6 Å². The Balaban J connectivity index is 0.00000361. The molecule has 0 saturated heterocycles. The van der Waals surface area contributed by atoms with E-state index in [-0.39, 0.29) is 22.8 Å². The van der Waals surface area contributed by atoms with Crippen LogP contribution in [0.5, 0.6) is 0 Å². The van der Waals surface area contributed by atoms with E-state index in [0.29, 0.717) is 6.42 Å². The topological polar surface area (TPSA) is 20.1 Å². The summed E-state index contributed by atoms with van der Waals surface area (Å²) in [6.07, 6.45) is 19.9. The number of carbonyl (C=O) groups is 1. The van der Waals surface area contributed by atoms with Crippen molar-refractivity contribution in [3.05, 3.63) is 12.3 Å². The zero-order valence-electron chi connectivity index (χ0n) is 13.0. The zero-order chi connectivity index (χ0) is 13.8. The molecule has 1 rings (SSSR count). The molecule has 0 aromatic rings. The number of allylic oxidation sites excluding steroid dienone is 1. The van der Waals surface area contributed by atoms with Crippen molar-refractivity contribution in [3.8, 4) is 0 Å². The Morgan fingerprint density at radius 3 is 2.05 bits per heavy atom. The monoisotopic (exact) mass is 343 g/mol. The molecule has 0 aromatic heterocycles. The van der Waals surface area contributed by atoms with Crippen LogP contribution in [0, 0.1) is 0 Å². The molecule has 0 unspecified atom stereocenters. The first-order valence-corrected chi connectivity index (χ1v) is 8.13. The molecule has 116 valence electrons. The summed E-state index contributed by atoms with van der Waals surface area (Å²) in [5.74, 6) is 0.231. The first-order valence-electron chi connectivity index (χ1n) is 8.13. The van der Waals surface area contributed by atoms with Crippen LogP contribution in [0.4, 0.5) is 0 Å². The van der Waals surface area contributed by atoms with Crippen molar-refractivity contribution in [1.82, 2.24) is 0 Å². The van der Waals surface area contributed by atoms with E-state index in [0.717, 1.165) is 6.54 Å². The fraction of sp³-hybridized carbons (Fsp3) is 0.765. The van der Waals surface area contributed by atoms with Crippen molar-refractivity contribution in [1.29, 1.82) is 0 Å². The van der Waals surface area contributed by atoms with Crippen molar-refractivity contribution >= 4 is 12.0 Å². The predicted molar refractivity (Wildman–Crippen MR) is 81.8 cm³/mol. The van der Waals surface area contributed by atoms with Crippen LogP contribution in [0.15, 0.2) is 12.3 Å². The third kappa shape index (κ3) is 10.4. The quantitative estimate of drug-likeness (QED) is 0.411. The van der Waals surface area contributed by atoms with Crippen molar-refractivity contribution in [2.24, 2.45) is 0 Å². The molecule has 1 aliphatic rings. The molecule has 0 radical (unpaired) electrons. The lowest BCUT2D eigenvalue weighted by molar-refractivity contribution is -0.453. The first-order chi connectivity index (χ1) is 9.33. The third-order valence-electron chi connectivity index (χ3n) is 3.70. The van der Waals surface area contributed by atoms with Crippen LogP contribution < -0.4 is 17.0 Å². The van der Waals surface area contributed by atoms with Gasteiger partial charge in [0.1, 0.15) is 6.54 Å². The number of Topliss-reactive ketones (excluding diaryl/α,β-unsaturated/α-hetero) is 1. The summed E-state index contributed by atoms with van der Waals surface area (Å²) in [5.41, 5.74) is 0. The molecule has 0 amide bonds. The second-order valence-electron chi connectivity index (χ2n) is 5.60. The molecular formula is C17H30BrNO. The highest BCUT2D eigenvalue weighted by atomic mass is 79.9. The summed E-state index contributed by atoms with van der Waals surface area (Å²) in [6, 6.07) is 0. The van der Waals surface area contributed by atoms with Crippen LogP contribution in [-0.4, -0.2) is 23.1 Å². The van der Waals surface area contributed by atoms with E-state index in [2.05, 4.69) is 6.92 Å². The lowest BCUT2D eigenvalue weighted by Crippen LogP contribution is -3.00. The molecular weight excluding hydrogens is 314 g/mol. The smallest absolute Gasteiger partial charge is 0.222 e. The van der Waals surface area contributed by atoms with E-state index in [1.807, 2.05) is 16.9 Å². The molecule has 0 N–H and O–H groups in total. The summed E-state index contributed by atoms with van der Waals surface area (Å²) in [4.78, 5) is 11.2.